The lowest BCUT2D eigenvalue weighted by Crippen LogP contribution is -2.71. The Kier molecular flexibility index (Phi) is 8.70. The fourth-order valence-corrected chi connectivity index (χ4v) is 10.4. The van der Waals surface area contributed by atoms with E-state index < -0.39 is 10.2 Å². The van der Waals surface area contributed by atoms with Gasteiger partial charge in [-0.2, -0.15) is 17.0 Å². The molecule has 2 saturated carbocycles. The van der Waals surface area contributed by atoms with Gasteiger partial charge in [0.1, 0.15) is 0 Å². The Morgan fingerprint density at radius 3 is 2.14 bits per heavy atom. The number of piperazine rings is 1. The van der Waals surface area contributed by atoms with Crippen LogP contribution in [0.4, 0.5) is 0 Å². The highest BCUT2D eigenvalue weighted by Gasteiger charge is 2.53. The number of aliphatic hydroxyl groups excluding tert-OH is 1. The summed E-state index contributed by atoms with van der Waals surface area (Å²) in [7, 11) is -1.37. The summed E-state index contributed by atoms with van der Waals surface area (Å²) in [5.41, 5.74) is 0. The average molecular weight is 525 g/mol. The minimum Gasteiger partial charge on any atom is -0.395 e. The standard InChI is InChI=1S/C28H52N4O3S/c1-21-7-6-8-25(22(21)2)23-9-11-24(12-10-23)28-26-19-31(13-4-5-14-32(26)27(28)20-33)36(34,35)30-17-15-29(3)16-18-30/h21-28,33H,4-20H2,1-3H3/t21?,22?,23?,24?,25?,26?,27-,28+/m1/s1. The molecule has 0 radical (unpaired) electrons. The van der Waals surface area contributed by atoms with Gasteiger partial charge in [0, 0.05) is 51.4 Å². The van der Waals surface area contributed by atoms with Gasteiger partial charge in [0.05, 0.1) is 6.61 Å². The first-order valence-electron chi connectivity index (χ1n) is 15.1. The maximum atomic E-state index is 13.7. The summed E-state index contributed by atoms with van der Waals surface area (Å²) in [6.07, 6.45) is 11.3. The van der Waals surface area contributed by atoms with Gasteiger partial charge in [-0.05, 0) is 94.0 Å². The van der Waals surface area contributed by atoms with Crippen molar-refractivity contribution in [3.05, 3.63) is 0 Å². The van der Waals surface area contributed by atoms with Crippen LogP contribution < -0.4 is 0 Å². The van der Waals surface area contributed by atoms with E-state index in [1.807, 2.05) is 4.31 Å². The summed E-state index contributed by atoms with van der Waals surface area (Å²) in [5.74, 6) is 4.54. The molecule has 2 aliphatic carbocycles. The smallest absolute Gasteiger partial charge is 0.282 e. The highest BCUT2D eigenvalue weighted by Crippen LogP contribution is 2.49. The molecule has 0 aromatic heterocycles. The second kappa shape index (κ2) is 11.5. The number of hydrogen-bond donors (Lipinski definition) is 1. The summed E-state index contributed by atoms with van der Waals surface area (Å²) in [6.45, 7) is 10.2. The van der Waals surface area contributed by atoms with Gasteiger partial charge in [0.25, 0.3) is 10.2 Å². The van der Waals surface area contributed by atoms with Crippen molar-refractivity contribution < 1.29 is 13.5 Å². The quantitative estimate of drug-likeness (QED) is 0.599. The van der Waals surface area contributed by atoms with E-state index in [4.69, 9.17) is 0 Å². The van der Waals surface area contributed by atoms with Crippen molar-refractivity contribution in [1.29, 1.82) is 0 Å². The maximum absolute atomic E-state index is 13.7. The van der Waals surface area contributed by atoms with Crippen LogP contribution in [0.2, 0.25) is 0 Å². The molecule has 208 valence electrons. The highest BCUT2D eigenvalue weighted by molar-refractivity contribution is 7.86. The fraction of sp³-hybridized carbons (Fsp3) is 1.00. The van der Waals surface area contributed by atoms with E-state index in [-0.39, 0.29) is 18.7 Å². The molecular formula is C28H52N4O3S. The third-order valence-corrected chi connectivity index (χ3v) is 13.2. The first-order chi connectivity index (χ1) is 17.3. The number of aliphatic hydroxyl groups is 1. The predicted molar refractivity (Wildman–Crippen MR) is 145 cm³/mol. The van der Waals surface area contributed by atoms with Crippen molar-refractivity contribution in [3.8, 4) is 0 Å². The topological polar surface area (TPSA) is 67.3 Å². The number of hydrogen-bond acceptors (Lipinski definition) is 5. The van der Waals surface area contributed by atoms with Gasteiger partial charge in [-0.25, -0.2) is 0 Å². The van der Waals surface area contributed by atoms with Crippen LogP contribution in [0.5, 0.6) is 0 Å². The molecule has 0 bridgehead atoms. The van der Waals surface area contributed by atoms with E-state index in [0.717, 1.165) is 56.1 Å². The monoisotopic (exact) mass is 524 g/mol. The molecule has 5 fully saturated rings. The maximum Gasteiger partial charge on any atom is 0.282 e. The summed E-state index contributed by atoms with van der Waals surface area (Å²) in [6, 6.07) is 0.483. The molecule has 0 aromatic carbocycles. The van der Waals surface area contributed by atoms with Gasteiger partial charge in [0.15, 0.2) is 0 Å². The highest BCUT2D eigenvalue weighted by atomic mass is 32.2. The van der Waals surface area contributed by atoms with Gasteiger partial charge in [-0.15, -0.1) is 0 Å². The minimum atomic E-state index is -3.43. The van der Waals surface area contributed by atoms with Crippen molar-refractivity contribution >= 4 is 10.2 Å². The average Bonchev–Trinajstić information content (AvgIpc) is 2.85. The molecule has 0 amide bonds. The normalized spacial score (nSPS) is 42.8. The summed E-state index contributed by atoms with van der Waals surface area (Å²) in [4.78, 5) is 4.67. The van der Waals surface area contributed by atoms with Gasteiger partial charge in [0.2, 0.25) is 0 Å². The zero-order chi connectivity index (χ0) is 25.4. The van der Waals surface area contributed by atoms with Gasteiger partial charge in [-0.1, -0.05) is 26.7 Å². The van der Waals surface area contributed by atoms with Crippen molar-refractivity contribution in [1.82, 2.24) is 18.4 Å². The van der Waals surface area contributed by atoms with Crippen molar-refractivity contribution in [2.45, 2.75) is 83.7 Å². The first-order valence-corrected chi connectivity index (χ1v) is 16.5. The fourth-order valence-electron chi connectivity index (χ4n) is 8.78. The van der Waals surface area contributed by atoms with Gasteiger partial charge < -0.3 is 10.0 Å². The van der Waals surface area contributed by atoms with Crippen molar-refractivity contribution in [2.24, 2.45) is 35.5 Å². The lowest BCUT2D eigenvalue weighted by Gasteiger charge is -2.60. The van der Waals surface area contributed by atoms with E-state index in [2.05, 4.69) is 30.7 Å². The molecule has 1 N–H and O–H groups in total. The third kappa shape index (κ3) is 5.29. The lowest BCUT2D eigenvalue weighted by molar-refractivity contribution is -0.124. The molecule has 5 rings (SSSR count). The van der Waals surface area contributed by atoms with Crippen molar-refractivity contribution in [2.75, 3.05) is 59.5 Å². The van der Waals surface area contributed by atoms with Crippen molar-refractivity contribution in [3.63, 3.8) is 0 Å². The van der Waals surface area contributed by atoms with Crippen LogP contribution in [0.25, 0.3) is 0 Å². The molecule has 3 heterocycles. The molecule has 6 atom stereocenters. The van der Waals surface area contributed by atoms with Gasteiger partial charge in [-0.3, -0.25) is 4.90 Å². The second-order valence-electron chi connectivity index (χ2n) is 13.0. The number of fused-ring (bicyclic) bond motifs is 1. The summed E-state index contributed by atoms with van der Waals surface area (Å²) >= 11 is 0. The Balaban J connectivity index is 1.25. The Morgan fingerprint density at radius 1 is 0.778 bits per heavy atom. The SMILES string of the molecule is CC1CCCC(C2CCC([C@H]3C4CN(S(=O)(=O)N5CCN(C)CC5)CCCCN4[C@@H]3CO)CC2)C1C. The molecule has 3 aliphatic heterocycles. The predicted octanol–water partition coefficient (Wildman–Crippen LogP) is 3.11. The zero-order valence-corrected chi connectivity index (χ0v) is 23.9. The van der Waals surface area contributed by atoms with Crippen LogP contribution in [0, 0.1) is 35.5 Å². The van der Waals surface area contributed by atoms with E-state index in [0.29, 0.717) is 38.0 Å². The summed E-state index contributed by atoms with van der Waals surface area (Å²) < 4.78 is 30.9. The van der Waals surface area contributed by atoms with Crippen LogP contribution in [0.1, 0.15) is 71.6 Å². The Morgan fingerprint density at radius 2 is 1.44 bits per heavy atom. The van der Waals surface area contributed by atoms with Crippen LogP contribution in [-0.2, 0) is 10.2 Å². The molecular weight excluding hydrogens is 472 g/mol. The van der Waals surface area contributed by atoms with Crippen LogP contribution in [-0.4, -0.2) is 103 Å². The largest absolute Gasteiger partial charge is 0.395 e. The first kappa shape index (κ1) is 27.3. The zero-order valence-electron chi connectivity index (χ0n) is 23.1. The van der Waals surface area contributed by atoms with Gasteiger partial charge >= 0.3 is 0 Å². The molecule has 5 aliphatic rings. The van der Waals surface area contributed by atoms with Crippen LogP contribution >= 0.6 is 0 Å². The van der Waals surface area contributed by atoms with E-state index in [9.17, 15) is 13.5 Å². The molecule has 7 nitrogen and oxygen atoms in total. The van der Waals surface area contributed by atoms with E-state index >= 15 is 0 Å². The Hall–Kier alpha value is -0.250. The Labute approximate surface area is 220 Å². The number of likely N-dealkylation sites (N-methyl/N-ethyl adjacent to an activating group) is 1. The van der Waals surface area contributed by atoms with E-state index in [1.54, 1.807) is 4.31 Å². The Bertz CT molecular complexity index is 825. The summed E-state index contributed by atoms with van der Waals surface area (Å²) in [5, 5.41) is 10.4. The number of nitrogens with zero attached hydrogens (tertiary/aromatic N) is 4. The second-order valence-corrected chi connectivity index (χ2v) is 14.9. The molecule has 0 aromatic rings. The third-order valence-electron chi connectivity index (χ3n) is 11.2. The number of rotatable bonds is 5. The molecule has 8 heteroatoms. The molecule has 0 spiro atoms. The minimum absolute atomic E-state index is 0.212. The van der Waals surface area contributed by atoms with Crippen LogP contribution in [0.3, 0.4) is 0 Å². The van der Waals surface area contributed by atoms with E-state index in [1.165, 1.54) is 44.9 Å². The molecule has 36 heavy (non-hydrogen) atoms. The molecule has 3 saturated heterocycles. The molecule has 4 unspecified atom stereocenters. The van der Waals surface area contributed by atoms with Crippen LogP contribution in [0.15, 0.2) is 0 Å². The lowest BCUT2D eigenvalue weighted by atomic mass is 9.60.